The predicted octanol–water partition coefficient (Wildman–Crippen LogP) is 6.69. The van der Waals surface area contributed by atoms with Crippen molar-refractivity contribution in [2.24, 2.45) is 0 Å². The molecule has 0 bridgehead atoms. The molecular formula is C25H15ClF8N4O2. The number of anilines is 2. The molecule has 15 heteroatoms. The van der Waals surface area contributed by atoms with Gasteiger partial charge in [-0.05, 0) is 42.5 Å². The molecule has 40 heavy (non-hydrogen) atoms. The van der Waals surface area contributed by atoms with Crippen molar-refractivity contribution >= 4 is 41.0 Å². The van der Waals surface area contributed by atoms with E-state index in [4.69, 9.17) is 17.0 Å². The Kier molecular flexibility index (Phi) is 7.49. The minimum atomic E-state index is -5.01. The zero-order valence-corrected chi connectivity index (χ0v) is 20.4. The number of halogens is 9. The van der Waals surface area contributed by atoms with Crippen LogP contribution in [-0.2, 0) is 6.18 Å². The first-order valence-corrected chi connectivity index (χ1v) is 11.4. The third kappa shape index (κ3) is 5.86. The van der Waals surface area contributed by atoms with E-state index in [9.17, 15) is 44.7 Å². The van der Waals surface area contributed by atoms with E-state index >= 15 is 0 Å². The zero-order chi connectivity index (χ0) is 29.6. The normalized spacial score (nSPS) is 14.9. The fourth-order valence-electron chi connectivity index (χ4n) is 4.18. The first-order valence-electron chi connectivity index (χ1n) is 11.1. The van der Waals surface area contributed by atoms with Crippen molar-refractivity contribution in [1.82, 2.24) is 5.32 Å². The van der Waals surface area contributed by atoms with Gasteiger partial charge in [-0.2, -0.15) is 26.3 Å². The van der Waals surface area contributed by atoms with E-state index in [2.05, 4.69) is 10.6 Å². The number of hydrogen-bond donors (Lipinski definition) is 4. The zero-order valence-electron chi connectivity index (χ0n) is 19.6. The van der Waals surface area contributed by atoms with Crippen molar-refractivity contribution in [3.63, 3.8) is 0 Å². The fourth-order valence-corrected chi connectivity index (χ4v) is 4.40. The van der Waals surface area contributed by atoms with Crippen molar-refractivity contribution in [3.8, 4) is 0 Å². The van der Waals surface area contributed by atoms with Crippen LogP contribution >= 0.6 is 11.6 Å². The summed E-state index contributed by atoms with van der Waals surface area (Å²) in [7, 11) is 0. The molecule has 0 spiro atoms. The molecule has 1 aliphatic rings. The fraction of sp³-hybridized carbons (Fsp3) is 0.160. The molecule has 0 saturated heterocycles. The second kappa shape index (κ2) is 10.4. The summed E-state index contributed by atoms with van der Waals surface area (Å²) in [5, 5.41) is 14.4. The largest absolute Gasteiger partial charge is 0.416 e. The molecular weight excluding hydrogens is 576 g/mol. The maximum absolute atomic E-state index is 14.1. The highest BCUT2D eigenvalue weighted by atomic mass is 35.5. The number of fused-ring (bicyclic) bond motifs is 1. The highest BCUT2D eigenvalue weighted by Gasteiger charge is 2.38. The monoisotopic (exact) mass is 590 g/mol. The van der Waals surface area contributed by atoms with Crippen LogP contribution in [0.25, 0.3) is 0 Å². The summed E-state index contributed by atoms with van der Waals surface area (Å²) in [6.45, 7) is -1.61. The highest BCUT2D eigenvalue weighted by molar-refractivity contribution is 6.31. The molecule has 1 atom stereocenters. The van der Waals surface area contributed by atoms with Gasteiger partial charge in [0.05, 0.1) is 17.2 Å². The van der Waals surface area contributed by atoms with E-state index in [1.54, 1.807) is 0 Å². The van der Waals surface area contributed by atoms with E-state index in [0.717, 1.165) is 24.3 Å². The highest BCUT2D eigenvalue weighted by Crippen LogP contribution is 2.43. The Morgan fingerprint density at radius 3 is 2.33 bits per heavy atom. The van der Waals surface area contributed by atoms with Crippen LogP contribution in [0.4, 0.5) is 46.5 Å². The lowest BCUT2D eigenvalue weighted by Crippen LogP contribution is -2.23. The second-order valence-corrected chi connectivity index (χ2v) is 8.95. The number of nitrogens with one attached hydrogen (secondary N) is 4. The molecule has 210 valence electrons. The van der Waals surface area contributed by atoms with Gasteiger partial charge in [-0.25, -0.2) is 8.78 Å². The Morgan fingerprint density at radius 2 is 1.70 bits per heavy atom. The summed E-state index contributed by atoms with van der Waals surface area (Å²) in [6, 6.07) is 3.79. The van der Waals surface area contributed by atoms with Crippen molar-refractivity contribution in [2.45, 2.75) is 18.4 Å². The Labute approximate surface area is 224 Å². The summed E-state index contributed by atoms with van der Waals surface area (Å²) in [5.74, 6) is -4.39. The third-order valence-corrected chi connectivity index (χ3v) is 6.17. The Bertz CT molecular complexity index is 1540. The van der Waals surface area contributed by atoms with Gasteiger partial charge < -0.3 is 21.4 Å². The molecule has 6 nitrogen and oxygen atoms in total. The van der Waals surface area contributed by atoms with Gasteiger partial charge in [0.2, 0.25) is 0 Å². The van der Waals surface area contributed by atoms with Crippen molar-refractivity contribution in [3.05, 3.63) is 92.5 Å². The van der Waals surface area contributed by atoms with Crippen molar-refractivity contribution < 1.29 is 44.7 Å². The molecule has 0 aliphatic carbocycles. The maximum Gasteiger partial charge on any atom is 0.416 e. The van der Waals surface area contributed by atoms with Gasteiger partial charge >= 0.3 is 12.4 Å². The van der Waals surface area contributed by atoms with Gasteiger partial charge in [0.25, 0.3) is 11.8 Å². The van der Waals surface area contributed by atoms with Crippen LogP contribution in [0.5, 0.6) is 0 Å². The lowest BCUT2D eigenvalue weighted by atomic mass is 9.92. The van der Waals surface area contributed by atoms with Gasteiger partial charge in [0.1, 0.15) is 18.2 Å². The minimum absolute atomic E-state index is 0.0266. The molecule has 4 rings (SSSR count). The van der Waals surface area contributed by atoms with Crippen LogP contribution in [-0.4, -0.2) is 30.8 Å². The van der Waals surface area contributed by atoms with Gasteiger partial charge in [-0.3, -0.25) is 9.59 Å². The van der Waals surface area contributed by atoms with E-state index < -0.39 is 70.9 Å². The van der Waals surface area contributed by atoms with Gasteiger partial charge in [0, 0.05) is 44.9 Å². The van der Waals surface area contributed by atoms with Gasteiger partial charge in [-0.15, -0.1) is 0 Å². The molecule has 2 amide bonds. The smallest absolute Gasteiger partial charge is 0.376 e. The van der Waals surface area contributed by atoms with E-state index in [1.165, 1.54) is 0 Å². The van der Waals surface area contributed by atoms with E-state index in [-0.39, 0.29) is 33.3 Å². The quantitative estimate of drug-likeness (QED) is 0.190. The summed E-state index contributed by atoms with van der Waals surface area (Å²) < 4.78 is 106. The molecule has 1 aliphatic heterocycles. The molecule has 0 fully saturated rings. The van der Waals surface area contributed by atoms with Gasteiger partial charge in [-0.1, -0.05) is 11.6 Å². The van der Waals surface area contributed by atoms with Crippen LogP contribution < -0.4 is 16.0 Å². The average Bonchev–Trinajstić information content (AvgIpc) is 3.20. The molecule has 3 aromatic carbocycles. The Hall–Kier alpha value is -4.20. The topological polar surface area (TPSA) is 94.1 Å². The summed E-state index contributed by atoms with van der Waals surface area (Å²) >= 11 is 6.19. The van der Waals surface area contributed by atoms with Gasteiger partial charge in [0.15, 0.2) is 0 Å². The molecule has 0 unspecified atom stereocenters. The van der Waals surface area contributed by atoms with Crippen LogP contribution in [0.2, 0.25) is 5.02 Å². The van der Waals surface area contributed by atoms with Crippen LogP contribution in [0.15, 0.2) is 42.5 Å². The average molecular weight is 591 g/mol. The van der Waals surface area contributed by atoms with Crippen LogP contribution in [0, 0.1) is 17.0 Å². The summed E-state index contributed by atoms with van der Waals surface area (Å²) in [4.78, 5) is 26.0. The molecule has 0 saturated carbocycles. The number of carbonyl (C=O) groups excluding carboxylic acids is 2. The van der Waals surface area contributed by atoms with Crippen molar-refractivity contribution in [2.75, 3.05) is 17.2 Å². The number of amides is 2. The SMILES string of the molecule is N=Cc1c(NCC(F)(F)F)cc(NC(=O)c2cc(F)cc(C(F)(F)F)c2)c2c1C(=O)N[C@H]2c1cc(F)ccc1Cl. The number of hydrogen-bond acceptors (Lipinski definition) is 4. The van der Waals surface area contributed by atoms with Crippen molar-refractivity contribution in [1.29, 1.82) is 5.41 Å². The standard InChI is InChI=1S/C25H15ClF8N4O2/c26-16-2-1-12(27)6-14(16)21-20-18(37-22(39)10-3-11(25(32,33)34)5-13(28)4-10)7-17(36-9-24(29,30)31)15(8-35)19(20)23(40)38-21/h1-8,21,35-36H,9H2,(H,37,39)(H,38,40)/t21-/m0/s1. The Morgan fingerprint density at radius 1 is 1.00 bits per heavy atom. The van der Waals surface area contributed by atoms with Crippen LogP contribution in [0.3, 0.4) is 0 Å². The third-order valence-electron chi connectivity index (χ3n) is 5.83. The number of carbonyl (C=O) groups is 2. The molecule has 0 radical (unpaired) electrons. The molecule has 1 heterocycles. The van der Waals surface area contributed by atoms with E-state index in [0.29, 0.717) is 18.3 Å². The molecule has 0 aromatic heterocycles. The summed E-state index contributed by atoms with van der Waals surface area (Å²) in [5.41, 5.74) is -3.98. The van der Waals surface area contributed by atoms with E-state index in [1.807, 2.05) is 5.32 Å². The minimum Gasteiger partial charge on any atom is -0.376 e. The Balaban J connectivity index is 1.90. The first kappa shape index (κ1) is 28.8. The summed E-state index contributed by atoms with van der Waals surface area (Å²) in [6.07, 6.45) is -9.16. The maximum atomic E-state index is 14.1. The predicted molar refractivity (Wildman–Crippen MR) is 129 cm³/mol. The second-order valence-electron chi connectivity index (χ2n) is 8.54. The van der Waals surface area contributed by atoms with Crippen LogP contribution in [0.1, 0.15) is 49.0 Å². The first-order chi connectivity index (χ1) is 18.6. The number of benzene rings is 3. The lowest BCUT2D eigenvalue weighted by Gasteiger charge is -2.21. The molecule has 3 aromatic rings. The molecule has 4 N–H and O–H groups in total. The number of alkyl halides is 6. The lowest BCUT2D eigenvalue weighted by molar-refractivity contribution is -0.137. The number of rotatable bonds is 6.